The minimum absolute atomic E-state index is 0.0217. The average Bonchev–Trinajstić information content (AvgIpc) is 3.02. The van der Waals surface area contributed by atoms with E-state index in [1.54, 1.807) is 44.5 Å². The number of nitrogens with zero attached hydrogens (tertiary/aromatic N) is 3. The lowest BCUT2D eigenvalue weighted by atomic mass is 10.2. The standard InChI is InChI=1S/C18H15Cl2N3O4/c1-22(17(24)14-8-3-11(19)9-15(14)20)10-16-18(25)27-21-23(16)12-4-6-13(26-2)7-5-12/h3-9H,10H2,1-2H3. The highest BCUT2D eigenvalue weighted by molar-refractivity contribution is 6.36. The number of carbonyl (C=O) groups is 1. The third kappa shape index (κ3) is 3.99. The molecule has 140 valence electrons. The molecule has 9 heteroatoms. The zero-order chi connectivity index (χ0) is 19.6. The summed E-state index contributed by atoms with van der Waals surface area (Å²) in [4.78, 5) is 14.0. The molecular weight excluding hydrogens is 393 g/mol. The minimum atomic E-state index is -0.632. The van der Waals surface area contributed by atoms with Crippen LogP contribution < -0.4 is 14.5 Å². The fraction of sp³-hybridized carbons (Fsp3) is 0.167. The van der Waals surface area contributed by atoms with Gasteiger partial charge in [0, 0.05) is 24.2 Å². The molecular formula is C18H15Cl2N3O4. The second-order valence-corrected chi connectivity index (χ2v) is 6.55. The number of hydrogen-bond acceptors (Lipinski definition) is 5. The van der Waals surface area contributed by atoms with E-state index < -0.39 is 5.95 Å². The molecule has 0 N–H and O–H groups in total. The molecule has 0 spiro atoms. The Balaban J connectivity index is 1.86. The van der Waals surface area contributed by atoms with E-state index >= 15 is 0 Å². The number of hydrogen-bond donors (Lipinski definition) is 0. The van der Waals surface area contributed by atoms with Crippen molar-refractivity contribution in [1.29, 1.82) is 0 Å². The topological polar surface area (TPSA) is 82.5 Å². The van der Waals surface area contributed by atoms with Gasteiger partial charge in [-0.15, -0.1) is 0 Å². The first-order valence-corrected chi connectivity index (χ1v) is 8.59. The van der Waals surface area contributed by atoms with E-state index in [9.17, 15) is 9.90 Å². The van der Waals surface area contributed by atoms with Crippen LogP contribution in [0.15, 0.2) is 47.0 Å². The van der Waals surface area contributed by atoms with Gasteiger partial charge in [-0.25, -0.2) is 0 Å². The van der Waals surface area contributed by atoms with Gasteiger partial charge in [-0.05, 0) is 35.0 Å². The normalized spacial score (nSPS) is 10.7. The highest BCUT2D eigenvalue weighted by Crippen LogP contribution is 2.23. The molecule has 7 nitrogen and oxygen atoms in total. The fourth-order valence-corrected chi connectivity index (χ4v) is 2.98. The van der Waals surface area contributed by atoms with Gasteiger partial charge in [0.2, 0.25) is 5.69 Å². The number of rotatable bonds is 5. The number of halogens is 2. The van der Waals surface area contributed by atoms with E-state index in [2.05, 4.69) is 5.27 Å². The molecule has 0 aliphatic rings. The van der Waals surface area contributed by atoms with Crippen LogP contribution in [0.3, 0.4) is 0 Å². The van der Waals surface area contributed by atoms with Crippen molar-refractivity contribution in [3.63, 3.8) is 0 Å². The summed E-state index contributed by atoms with van der Waals surface area (Å²) in [6.45, 7) is -0.0217. The van der Waals surface area contributed by atoms with Crippen LogP contribution in [0.2, 0.25) is 10.0 Å². The Bertz CT molecular complexity index is 973. The second-order valence-electron chi connectivity index (χ2n) is 5.70. The molecule has 0 fully saturated rings. The van der Waals surface area contributed by atoms with Gasteiger partial charge < -0.3 is 19.3 Å². The van der Waals surface area contributed by atoms with E-state index in [0.717, 1.165) is 0 Å². The Hall–Kier alpha value is -2.77. The van der Waals surface area contributed by atoms with E-state index in [4.69, 9.17) is 32.5 Å². The van der Waals surface area contributed by atoms with Gasteiger partial charge >= 0.3 is 0 Å². The Labute approximate surface area is 165 Å². The third-order valence-electron chi connectivity index (χ3n) is 3.91. The largest absolute Gasteiger partial charge is 0.539 e. The van der Waals surface area contributed by atoms with Gasteiger partial charge in [0.15, 0.2) is 5.95 Å². The quantitative estimate of drug-likeness (QED) is 0.607. The molecule has 2 aromatic carbocycles. The van der Waals surface area contributed by atoms with Crippen molar-refractivity contribution in [2.45, 2.75) is 6.54 Å². The van der Waals surface area contributed by atoms with Crippen LogP contribution in [0.1, 0.15) is 16.1 Å². The summed E-state index contributed by atoms with van der Waals surface area (Å²) >= 11 is 12.0. The molecule has 0 bridgehead atoms. The number of carbonyl (C=O) groups excluding carboxylic acids is 1. The molecule has 0 radical (unpaired) electrons. The third-order valence-corrected chi connectivity index (χ3v) is 4.46. The molecule has 0 atom stereocenters. The van der Waals surface area contributed by atoms with Crippen LogP contribution >= 0.6 is 23.2 Å². The number of benzene rings is 2. The maximum atomic E-state index is 12.7. The maximum Gasteiger partial charge on any atom is 0.259 e. The summed E-state index contributed by atoms with van der Waals surface area (Å²) in [6.07, 6.45) is 0. The first-order valence-electron chi connectivity index (χ1n) is 7.83. The van der Waals surface area contributed by atoms with Gasteiger partial charge in [-0.3, -0.25) is 4.79 Å². The molecule has 1 heterocycles. The van der Waals surface area contributed by atoms with Crippen LogP contribution in [0, 0.1) is 0 Å². The Morgan fingerprint density at radius 3 is 2.59 bits per heavy atom. The summed E-state index contributed by atoms with van der Waals surface area (Å²) < 4.78 is 11.2. The average molecular weight is 408 g/mol. The van der Waals surface area contributed by atoms with Gasteiger partial charge in [0.25, 0.3) is 11.6 Å². The Kier molecular flexibility index (Phi) is 5.53. The summed E-state index contributed by atoms with van der Waals surface area (Å²) in [5.41, 5.74) is 1.08. The number of aromatic nitrogens is 2. The predicted octanol–water partition coefficient (Wildman–Crippen LogP) is 2.61. The molecule has 0 saturated carbocycles. The molecule has 0 aliphatic heterocycles. The molecule has 0 aliphatic carbocycles. The van der Waals surface area contributed by atoms with E-state index in [0.29, 0.717) is 16.5 Å². The van der Waals surface area contributed by atoms with Crippen molar-refractivity contribution in [3.05, 3.63) is 63.8 Å². The number of amides is 1. The van der Waals surface area contributed by atoms with Gasteiger partial charge in [-0.1, -0.05) is 23.2 Å². The zero-order valence-electron chi connectivity index (χ0n) is 14.5. The lowest BCUT2D eigenvalue weighted by Gasteiger charge is -2.16. The SMILES string of the molecule is COc1ccc(-[n+]2noc([O-])c2CN(C)C(=O)c2ccc(Cl)cc2Cl)cc1. The van der Waals surface area contributed by atoms with Gasteiger partial charge in [-0.2, -0.15) is 0 Å². The van der Waals surface area contributed by atoms with Crippen LogP contribution in [-0.4, -0.2) is 30.2 Å². The Morgan fingerprint density at radius 1 is 1.26 bits per heavy atom. The molecule has 0 saturated heterocycles. The van der Waals surface area contributed by atoms with E-state index in [1.807, 2.05) is 0 Å². The van der Waals surface area contributed by atoms with Crippen LogP contribution in [0.25, 0.3) is 5.69 Å². The maximum absolute atomic E-state index is 12.7. The van der Waals surface area contributed by atoms with Crippen molar-refractivity contribution >= 4 is 29.1 Å². The summed E-state index contributed by atoms with van der Waals surface area (Å²) in [6, 6.07) is 11.5. The zero-order valence-corrected chi connectivity index (χ0v) is 16.0. The Morgan fingerprint density at radius 2 is 1.96 bits per heavy atom. The smallest absolute Gasteiger partial charge is 0.259 e. The molecule has 1 amide bonds. The van der Waals surface area contributed by atoms with Crippen LogP contribution in [-0.2, 0) is 6.54 Å². The number of ether oxygens (including phenoxy) is 1. The summed E-state index contributed by atoms with van der Waals surface area (Å²) in [5.74, 6) is -0.331. The highest BCUT2D eigenvalue weighted by Gasteiger charge is 2.25. The molecule has 3 rings (SSSR count). The van der Waals surface area contributed by atoms with Crippen molar-refractivity contribution in [1.82, 2.24) is 10.2 Å². The molecule has 1 aromatic heterocycles. The van der Waals surface area contributed by atoms with Crippen molar-refractivity contribution in [3.8, 4) is 17.4 Å². The molecule has 3 aromatic rings. The lowest BCUT2D eigenvalue weighted by Crippen LogP contribution is -2.40. The van der Waals surface area contributed by atoms with Crippen molar-refractivity contribution in [2.75, 3.05) is 14.2 Å². The number of methoxy groups -OCH3 is 1. The second kappa shape index (κ2) is 7.85. The summed E-state index contributed by atoms with van der Waals surface area (Å²) in [5, 5.41) is 16.5. The first-order chi connectivity index (χ1) is 12.9. The molecule has 27 heavy (non-hydrogen) atoms. The minimum Gasteiger partial charge on any atom is -0.539 e. The van der Waals surface area contributed by atoms with E-state index in [1.165, 1.54) is 21.7 Å². The van der Waals surface area contributed by atoms with E-state index in [-0.39, 0.29) is 28.7 Å². The van der Waals surface area contributed by atoms with Gasteiger partial charge in [0.05, 0.1) is 23.0 Å². The monoisotopic (exact) mass is 407 g/mol. The van der Waals surface area contributed by atoms with Crippen LogP contribution in [0.4, 0.5) is 0 Å². The summed E-state index contributed by atoms with van der Waals surface area (Å²) in [7, 11) is 3.11. The predicted molar refractivity (Wildman–Crippen MR) is 96.3 cm³/mol. The van der Waals surface area contributed by atoms with Crippen molar-refractivity contribution in [2.24, 2.45) is 0 Å². The van der Waals surface area contributed by atoms with Crippen LogP contribution in [0.5, 0.6) is 11.7 Å². The van der Waals surface area contributed by atoms with Crippen molar-refractivity contribution < 1.29 is 23.8 Å². The fourth-order valence-electron chi connectivity index (χ4n) is 2.49. The lowest BCUT2D eigenvalue weighted by molar-refractivity contribution is -0.678. The highest BCUT2D eigenvalue weighted by atomic mass is 35.5. The molecule has 0 unspecified atom stereocenters. The van der Waals surface area contributed by atoms with Gasteiger partial charge in [0.1, 0.15) is 12.3 Å². The first kappa shape index (κ1) is 19.0.